The predicted molar refractivity (Wildman–Crippen MR) is 83.3 cm³/mol. The van der Waals surface area contributed by atoms with Crippen LogP contribution in [0.15, 0.2) is 54.7 Å². The number of aromatic nitrogens is 1. The van der Waals surface area contributed by atoms with Gasteiger partial charge in [-0.1, -0.05) is 36.4 Å². The van der Waals surface area contributed by atoms with Gasteiger partial charge in [-0.05, 0) is 29.7 Å². The molecule has 0 saturated heterocycles. The minimum atomic E-state index is 0.612. The molecular formula is C18H17N3. The highest BCUT2D eigenvalue weighted by Gasteiger charge is 2.13. The number of pyridine rings is 1. The smallest absolute Gasteiger partial charge is 0.101 e. The van der Waals surface area contributed by atoms with Crippen LogP contribution in [0, 0.1) is 11.3 Å². The van der Waals surface area contributed by atoms with E-state index in [9.17, 15) is 0 Å². The van der Waals surface area contributed by atoms with E-state index in [2.05, 4.69) is 46.3 Å². The summed E-state index contributed by atoms with van der Waals surface area (Å²) >= 11 is 0. The van der Waals surface area contributed by atoms with Gasteiger partial charge in [0.1, 0.15) is 6.07 Å². The van der Waals surface area contributed by atoms with Crippen molar-refractivity contribution >= 4 is 5.57 Å². The quantitative estimate of drug-likeness (QED) is 0.863. The van der Waals surface area contributed by atoms with E-state index in [4.69, 9.17) is 5.26 Å². The third-order valence-electron chi connectivity index (χ3n) is 3.76. The number of rotatable bonds is 3. The fraction of sp³-hybridized carbons (Fsp3) is 0.222. The second-order valence-corrected chi connectivity index (χ2v) is 5.24. The van der Waals surface area contributed by atoms with Crippen molar-refractivity contribution in [2.45, 2.75) is 13.0 Å². The summed E-state index contributed by atoms with van der Waals surface area (Å²) in [5, 5.41) is 8.80. The molecule has 0 radical (unpaired) electrons. The molecule has 104 valence electrons. The van der Waals surface area contributed by atoms with Gasteiger partial charge in [0.25, 0.3) is 0 Å². The molecule has 3 nitrogen and oxygen atoms in total. The van der Waals surface area contributed by atoms with Gasteiger partial charge in [0.2, 0.25) is 0 Å². The SMILES string of the molecule is N#Cc1ccc(C2=CCN(Cc3ccccc3)CC2)nc1. The lowest BCUT2D eigenvalue weighted by Gasteiger charge is -2.26. The molecule has 1 aliphatic heterocycles. The van der Waals surface area contributed by atoms with E-state index in [-0.39, 0.29) is 0 Å². The standard InChI is InChI=1S/C18H17N3/c19-12-16-6-7-18(20-13-16)17-8-10-21(11-9-17)14-15-4-2-1-3-5-15/h1-8,13H,9-11,14H2. The Balaban J connectivity index is 1.65. The zero-order valence-corrected chi connectivity index (χ0v) is 11.9. The van der Waals surface area contributed by atoms with Crippen molar-refractivity contribution in [3.63, 3.8) is 0 Å². The monoisotopic (exact) mass is 275 g/mol. The molecule has 2 aromatic rings. The fourth-order valence-corrected chi connectivity index (χ4v) is 2.58. The lowest BCUT2D eigenvalue weighted by Crippen LogP contribution is -2.28. The van der Waals surface area contributed by atoms with E-state index in [0.717, 1.165) is 31.7 Å². The number of benzene rings is 1. The van der Waals surface area contributed by atoms with Crippen LogP contribution in [-0.2, 0) is 6.54 Å². The van der Waals surface area contributed by atoms with Gasteiger partial charge < -0.3 is 0 Å². The van der Waals surface area contributed by atoms with Crippen LogP contribution in [-0.4, -0.2) is 23.0 Å². The average Bonchev–Trinajstić information content (AvgIpc) is 2.57. The molecule has 0 bridgehead atoms. The van der Waals surface area contributed by atoms with Crippen molar-refractivity contribution in [3.05, 3.63) is 71.6 Å². The molecule has 0 N–H and O–H groups in total. The second kappa shape index (κ2) is 6.34. The number of hydrogen-bond acceptors (Lipinski definition) is 3. The second-order valence-electron chi connectivity index (χ2n) is 5.24. The normalized spacial score (nSPS) is 15.3. The summed E-state index contributed by atoms with van der Waals surface area (Å²) in [4.78, 5) is 6.81. The summed E-state index contributed by atoms with van der Waals surface area (Å²) in [6, 6.07) is 16.4. The molecule has 3 heteroatoms. The van der Waals surface area contributed by atoms with Crippen LogP contribution in [0.2, 0.25) is 0 Å². The van der Waals surface area contributed by atoms with E-state index in [1.807, 2.05) is 18.2 Å². The van der Waals surface area contributed by atoms with Crippen LogP contribution < -0.4 is 0 Å². The summed E-state index contributed by atoms with van der Waals surface area (Å²) in [5.74, 6) is 0. The maximum Gasteiger partial charge on any atom is 0.101 e. The molecule has 1 aliphatic rings. The van der Waals surface area contributed by atoms with Crippen LogP contribution in [0.5, 0.6) is 0 Å². The molecule has 0 spiro atoms. The van der Waals surface area contributed by atoms with E-state index in [0.29, 0.717) is 5.56 Å². The highest BCUT2D eigenvalue weighted by molar-refractivity contribution is 5.63. The molecule has 3 rings (SSSR count). The van der Waals surface area contributed by atoms with Crippen LogP contribution in [0.25, 0.3) is 5.57 Å². The number of hydrogen-bond donors (Lipinski definition) is 0. The van der Waals surface area contributed by atoms with Crippen LogP contribution in [0.3, 0.4) is 0 Å². The van der Waals surface area contributed by atoms with Crippen molar-refractivity contribution in [1.29, 1.82) is 5.26 Å². The minimum absolute atomic E-state index is 0.612. The molecular weight excluding hydrogens is 258 g/mol. The summed E-state index contributed by atoms with van der Waals surface area (Å²) in [6.45, 7) is 2.99. The van der Waals surface area contributed by atoms with Gasteiger partial charge in [-0.2, -0.15) is 5.26 Å². The first-order valence-electron chi connectivity index (χ1n) is 7.17. The first-order valence-corrected chi connectivity index (χ1v) is 7.17. The molecule has 0 atom stereocenters. The van der Waals surface area contributed by atoms with Gasteiger partial charge in [-0.15, -0.1) is 0 Å². The Morgan fingerprint density at radius 1 is 1.14 bits per heavy atom. The Morgan fingerprint density at radius 2 is 2.00 bits per heavy atom. The highest BCUT2D eigenvalue weighted by Crippen LogP contribution is 2.21. The van der Waals surface area contributed by atoms with Crippen molar-refractivity contribution in [2.24, 2.45) is 0 Å². The molecule has 0 fully saturated rings. The van der Waals surface area contributed by atoms with Crippen molar-refractivity contribution in [3.8, 4) is 6.07 Å². The Labute approximate surface area is 125 Å². The minimum Gasteiger partial charge on any atom is -0.295 e. The van der Waals surface area contributed by atoms with E-state index < -0.39 is 0 Å². The first-order chi connectivity index (χ1) is 10.3. The van der Waals surface area contributed by atoms with Crippen molar-refractivity contribution < 1.29 is 0 Å². The van der Waals surface area contributed by atoms with Crippen molar-refractivity contribution in [2.75, 3.05) is 13.1 Å². The van der Waals surface area contributed by atoms with Gasteiger partial charge in [-0.25, -0.2) is 0 Å². The van der Waals surface area contributed by atoms with Crippen LogP contribution in [0.1, 0.15) is 23.2 Å². The van der Waals surface area contributed by atoms with Gasteiger partial charge in [-0.3, -0.25) is 9.88 Å². The first kappa shape index (κ1) is 13.5. The van der Waals surface area contributed by atoms with Crippen molar-refractivity contribution in [1.82, 2.24) is 9.88 Å². The molecule has 0 aliphatic carbocycles. The summed E-state index contributed by atoms with van der Waals surface area (Å²) in [6.07, 6.45) is 4.90. The molecule has 1 aromatic carbocycles. The third kappa shape index (κ3) is 3.36. The van der Waals surface area contributed by atoms with Gasteiger partial charge in [0.05, 0.1) is 11.3 Å². The molecule has 2 heterocycles. The van der Waals surface area contributed by atoms with Gasteiger partial charge in [0.15, 0.2) is 0 Å². The van der Waals surface area contributed by atoms with E-state index >= 15 is 0 Å². The third-order valence-corrected chi connectivity index (χ3v) is 3.76. The molecule has 21 heavy (non-hydrogen) atoms. The zero-order valence-electron chi connectivity index (χ0n) is 11.9. The Hall–Kier alpha value is -2.44. The Bertz CT molecular complexity index is 666. The Morgan fingerprint density at radius 3 is 2.62 bits per heavy atom. The van der Waals surface area contributed by atoms with Gasteiger partial charge >= 0.3 is 0 Å². The highest BCUT2D eigenvalue weighted by atomic mass is 15.1. The number of nitriles is 1. The maximum atomic E-state index is 8.80. The Kier molecular flexibility index (Phi) is 4.09. The summed E-state index contributed by atoms with van der Waals surface area (Å²) < 4.78 is 0. The van der Waals surface area contributed by atoms with E-state index in [1.165, 1.54) is 11.1 Å². The molecule has 0 unspecified atom stereocenters. The molecule has 1 aromatic heterocycles. The van der Waals surface area contributed by atoms with Crippen LogP contribution in [0.4, 0.5) is 0 Å². The van der Waals surface area contributed by atoms with E-state index in [1.54, 1.807) is 6.20 Å². The lowest BCUT2D eigenvalue weighted by atomic mass is 10.0. The topological polar surface area (TPSA) is 39.9 Å². The molecule has 0 saturated carbocycles. The van der Waals surface area contributed by atoms with Gasteiger partial charge in [0, 0.05) is 25.8 Å². The average molecular weight is 275 g/mol. The fourth-order valence-electron chi connectivity index (χ4n) is 2.58. The lowest BCUT2D eigenvalue weighted by molar-refractivity contribution is 0.294. The summed E-state index contributed by atoms with van der Waals surface area (Å²) in [7, 11) is 0. The largest absolute Gasteiger partial charge is 0.295 e. The zero-order chi connectivity index (χ0) is 14.5. The molecule has 0 amide bonds. The predicted octanol–water partition coefficient (Wildman–Crippen LogP) is 3.24. The maximum absolute atomic E-state index is 8.80. The van der Waals surface area contributed by atoms with Crippen LogP contribution >= 0.6 is 0 Å². The summed E-state index contributed by atoms with van der Waals surface area (Å²) in [5.41, 5.74) is 4.24. The number of nitrogens with zero attached hydrogens (tertiary/aromatic N) is 3.